The molecule has 1 unspecified atom stereocenters. The Morgan fingerprint density at radius 3 is 2.42 bits per heavy atom. The Labute approximate surface area is 347 Å². The Bertz CT molecular complexity index is 2570. The number of para-hydroxylation sites is 3. The summed E-state index contributed by atoms with van der Waals surface area (Å²) < 4.78 is 31.5. The molecule has 300 valence electrons. The van der Waals surface area contributed by atoms with Gasteiger partial charge in [-0.05, 0) is 85.2 Å². The number of anilines is 3. The molecule has 1 spiro atoms. The number of hydrogen-bond acceptors (Lipinski definition) is 7. The Hall–Kier alpha value is -5.66. The third-order valence-electron chi connectivity index (χ3n) is 12.0. The first kappa shape index (κ1) is 38.8. The smallest absolute Gasteiger partial charge is 0.266 e. The van der Waals surface area contributed by atoms with Gasteiger partial charge >= 0.3 is 0 Å². The van der Waals surface area contributed by atoms with Crippen LogP contribution < -0.4 is 14.5 Å². The highest BCUT2D eigenvalue weighted by Crippen LogP contribution is 2.60. The number of aryl methyl sites for hydroxylation is 1. The zero-order valence-corrected chi connectivity index (χ0v) is 34.6. The molecule has 2 amide bonds. The minimum atomic E-state index is -3.45. The molecule has 1 aromatic heterocycles. The molecule has 3 aliphatic rings. The van der Waals surface area contributed by atoms with Crippen LogP contribution in [-0.2, 0) is 28.2 Å². The van der Waals surface area contributed by atoms with Gasteiger partial charge in [0.05, 0.1) is 47.8 Å². The van der Waals surface area contributed by atoms with E-state index in [0.717, 1.165) is 11.1 Å². The summed E-state index contributed by atoms with van der Waals surface area (Å²) in [4.78, 5) is 32.7. The van der Waals surface area contributed by atoms with Gasteiger partial charge in [0.15, 0.2) is 11.4 Å². The van der Waals surface area contributed by atoms with Gasteiger partial charge in [0, 0.05) is 40.5 Å². The number of nitrogens with zero attached hydrogens (tertiary/aromatic N) is 5. The number of halogens is 2. The maximum atomic E-state index is 16.6. The monoisotopic (exact) mass is 827 g/mol. The molecular formula is C46H43ClFN5O5Si. The van der Waals surface area contributed by atoms with Crippen LogP contribution in [-0.4, -0.2) is 53.0 Å². The molecule has 59 heavy (non-hydrogen) atoms. The molecule has 5 atom stereocenters. The fourth-order valence-electron chi connectivity index (χ4n) is 9.38. The molecule has 0 aliphatic carbocycles. The van der Waals surface area contributed by atoms with Gasteiger partial charge in [-0.25, -0.2) is 0 Å². The number of benzene rings is 5. The molecule has 4 heterocycles. The zero-order valence-electron chi connectivity index (χ0n) is 32.8. The van der Waals surface area contributed by atoms with Crippen molar-refractivity contribution in [2.45, 2.75) is 62.7 Å². The van der Waals surface area contributed by atoms with Crippen molar-refractivity contribution in [2.24, 2.45) is 5.92 Å². The summed E-state index contributed by atoms with van der Waals surface area (Å²) in [5.74, 6) is -0.369. The minimum absolute atomic E-state index is 0.128. The van der Waals surface area contributed by atoms with Crippen molar-refractivity contribution in [3.63, 3.8) is 0 Å². The summed E-state index contributed by atoms with van der Waals surface area (Å²) >= 11 is 6.65. The van der Waals surface area contributed by atoms with Crippen molar-refractivity contribution in [2.75, 3.05) is 16.4 Å². The van der Waals surface area contributed by atoms with Gasteiger partial charge in [0.25, 0.3) is 11.8 Å². The van der Waals surface area contributed by atoms with E-state index in [9.17, 15) is 9.90 Å². The molecule has 1 fully saturated rings. The molecule has 0 radical (unpaired) electrons. The number of ether oxygens (including phenoxy) is 2. The lowest BCUT2D eigenvalue weighted by atomic mass is 9.82. The Morgan fingerprint density at radius 2 is 1.64 bits per heavy atom. The summed E-state index contributed by atoms with van der Waals surface area (Å²) in [5.41, 5.74) is 3.22. The van der Waals surface area contributed by atoms with E-state index in [1.807, 2.05) is 110 Å². The van der Waals surface area contributed by atoms with E-state index >= 15 is 8.90 Å². The third kappa shape index (κ3) is 6.73. The number of carbonyl (C=O) groups excluding carboxylic acids is 2. The van der Waals surface area contributed by atoms with Gasteiger partial charge in [-0.1, -0.05) is 90.5 Å². The predicted octanol–water partition coefficient (Wildman–Crippen LogP) is 9.55. The maximum Gasteiger partial charge on any atom is 0.266 e. The summed E-state index contributed by atoms with van der Waals surface area (Å²) in [6.07, 6.45) is 1.59. The second kappa shape index (κ2) is 15.2. The van der Waals surface area contributed by atoms with Crippen LogP contribution >= 0.6 is 11.6 Å². The molecule has 0 saturated carbocycles. The van der Waals surface area contributed by atoms with Crippen molar-refractivity contribution >= 4 is 48.9 Å². The lowest BCUT2D eigenvalue weighted by Crippen LogP contribution is -2.45. The fraction of sp³-hybridized carbons (Fsp3) is 0.261. The Balaban J connectivity index is 1.02. The van der Waals surface area contributed by atoms with E-state index in [1.165, 1.54) is 0 Å². The van der Waals surface area contributed by atoms with E-state index in [2.05, 4.69) is 10.3 Å². The van der Waals surface area contributed by atoms with Crippen LogP contribution in [0.4, 0.5) is 21.2 Å². The van der Waals surface area contributed by atoms with E-state index in [4.69, 9.17) is 21.1 Å². The van der Waals surface area contributed by atoms with Crippen LogP contribution in [0.5, 0.6) is 11.5 Å². The molecule has 1 saturated heterocycles. The number of hydrogen-bond donors (Lipinski definition) is 1. The van der Waals surface area contributed by atoms with Crippen LogP contribution in [0.15, 0.2) is 128 Å². The number of carbonyl (C=O) groups is 2. The predicted molar refractivity (Wildman–Crippen MR) is 227 cm³/mol. The molecule has 10 nitrogen and oxygen atoms in total. The number of aliphatic hydroxyl groups excluding tert-OH is 1. The molecule has 9 rings (SSSR count). The van der Waals surface area contributed by atoms with Gasteiger partial charge in [-0.3, -0.25) is 19.2 Å². The van der Waals surface area contributed by atoms with Crippen LogP contribution in [0, 0.1) is 5.92 Å². The average molecular weight is 828 g/mol. The van der Waals surface area contributed by atoms with Crippen LogP contribution in [0.3, 0.4) is 0 Å². The lowest BCUT2D eigenvalue weighted by Gasteiger charge is -2.31. The molecule has 1 N–H and O–H groups in total. The van der Waals surface area contributed by atoms with Gasteiger partial charge in [0.1, 0.15) is 5.75 Å². The molecular weight excluding hydrogens is 785 g/mol. The number of fused-ring (bicyclic) bond motifs is 4. The normalized spacial score (nSPS) is 21.6. The number of rotatable bonds is 10. The van der Waals surface area contributed by atoms with Crippen molar-refractivity contribution in [1.29, 1.82) is 0 Å². The van der Waals surface area contributed by atoms with Crippen molar-refractivity contribution in [1.82, 2.24) is 15.0 Å². The zero-order chi connectivity index (χ0) is 41.1. The number of amides is 2. The summed E-state index contributed by atoms with van der Waals surface area (Å²) in [5, 5.41) is 19.4. The van der Waals surface area contributed by atoms with E-state index in [-0.39, 0.29) is 30.9 Å². The highest BCUT2D eigenvalue weighted by Gasteiger charge is 2.66. The molecule has 5 aromatic carbocycles. The van der Waals surface area contributed by atoms with Crippen molar-refractivity contribution < 1.29 is 28.3 Å². The SMILES string of the molecule is C[C@@H]1[C@@H]([Si](C)(C)F)[C@H](CCn2cc(C(CO)c3ccccc3)nn2)O[C@@]12C(=O)N(Cc1cccc(N3C(=O)c4ccccc4Oc4ccccc43)c1)c1ccc(Cl)cc12. The number of aliphatic hydroxyl groups is 1. The summed E-state index contributed by atoms with van der Waals surface area (Å²) in [6, 6.07) is 37.1. The second-order valence-corrected chi connectivity index (χ2v) is 20.3. The second-order valence-electron chi connectivity index (χ2n) is 16.0. The molecule has 3 aliphatic heterocycles. The quantitative estimate of drug-likeness (QED) is 0.108. The molecule has 0 bridgehead atoms. The van der Waals surface area contributed by atoms with E-state index < -0.39 is 31.6 Å². The standard InChI is InChI=1S/C46H43ClFN5O5Si/c1-29-43(59(2,3)48)42(22-23-51-27-37(49-50-51)35(28-54)31-13-5-4-6-14-31)58-46(29)36-25-32(47)20-21-38(36)52(45(46)56)26-30-12-11-15-33(24-30)53-39-17-8-10-19-41(39)57-40-18-9-7-16-34(40)44(53)55/h4-21,24-25,27,29,35,42-43,54H,22-23,26,28H2,1-3H3/t29-,35?,42+,43-,46+/m1/s1. The largest absolute Gasteiger partial charge is 0.454 e. The average Bonchev–Trinajstić information content (AvgIpc) is 3.86. The lowest BCUT2D eigenvalue weighted by molar-refractivity contribution is -0.146. The van der Waals surface area contributed by atoms with Gasteiger partial charge in [-0.2, -0.15) is 0 Å². The maximum absolute atomic E-state index is 16.6. The molecule has 6 aromatic rings. The first-order valence-electron chi connectivity index (χ1n) is 19.8. The van der Waals surface area contributed by atoms with Crippen molar-refractivity contribution in [3.05, 3.63) is 160 Å². The van der Waals surface area contributed by atoms with Gasteiger partial charge in [-0.15, -0.1) is 5.10 Å². The topological polar surface area (TPSA) is 110 Å². The van der Waals surface area contributed by atoms with Gasteiger partial charge < -0.3 is 23.6 Å². The van der Waals surface area contributed by atoms with Crippen LogP contribution in [0.2, 0.25) is 23.7 Å². The Kier molecular flexibility index (Phi) is 9.99. The number of aromatic nitrogens is 3. The summed E-state index contributed by atoms with van der Waals surface area (Å²) in [7, 11) is -3.45. The first-order valence-corrected chi connectivity index (χ1v) is 23.1. The fourth-order valence-corrected chi connectivity index (χ4v) is 12.1. The first-order chi connectivity index (χ1) is 28.5. The third-order valence-corrected chi connectivity index (χ3v) is 14.7. The van der Waals surface area contributed by atoms with E-state index in [1.54, 1.807) is 51.8 Å². The van der Waals surface area contributed by atoms with Gasteiger partial charge in [0.2, 0.25) is 8.41 Å². The van der Waals surface area contributed by atoms with E-state index in [0.29, 0.717) is 63.4 Å². The minimum Gasteiger partial charge on any atom is -0.454 e. The van der Waals surface area contributed by atoms with Crippen molar-refractivity contribution in [3.8, 4) is 11.5 Å². The summed E-state index contributed by atoms with van der Waals surface area (Å²) in [6.45, 7) is 5.68. The molecule has 13 heteroatoms. The highest BCUT2D eigenvalue weighted by atomic mass is 35.5. The van der Waals surface area contributed by atoms with Crippen LogP contribution in [0.1, 0.15) is 52.0 Å². The van der Waals surface area contributed by atoms with Crippen LogP contribution in [0.25, 0.3) is 0 Å². The Morgan fingerprint density at radius 1 is 0.898 bits per heavy atom. The highest BCUT2D eigenvalue weighted by molar-refractivity contribution is 6.72.